The van der Waals surface area contributed by atoms with Crippen molar-refractivity contribution in [1.29, 1.82) is 0 Å². The van der Waals surface area contributed by atoms with Crippen molar-refractivity contribution in [3.63, 3.8) is 0 Å². The lowest BCUT2D eigenvalue weighted by molar-refractivity contribution is -0.114. The zero-order valence-electron chi connectivity index (χ0n) is 17.5. The molecule has 2 aromatic carbocycles. The molecule has 9 heteroatoms. The Morgan fingerprint density at radius 2 is 1.53 bits per heavy atom. The Hall–Kier alpha value is -2.36. The molecule has 0 radical (unpaired) electrons. The first-order chi connectivity index (χ1) is 14.1. The van der Waals surface area contributed by atoms with Crippen molar-refractivity contribution in [2.45, 2.75) is 31.7 Å². The Bertz CT molecular complexity index is 990. The van der Waals surface area contributed by atoms with E-state index in [1.807, 2.05) is 31.2 Å². The van der Waals surface area contributed by atoms with E-state index >= 15 is 0 Å². The number of hydrogen-bond acceptors (Lipinski definition) is 5. The summed E-state index contributed by atoms with van der Waals surface area (Å²) in [5, 5.41) is 5.49. The van der Waals surface area contributed by atoms with Crippen LogP contribution in [0.15, 0.2) is 53.4 Å². The van der Waals surface area contributed by atoms with Gasteiger partial charge in [-0.1, -0.05) is 12.1 Å². The summed E-state index contributed by atoms with van der Waals surface area (Å²) in [6, 6.07) is 13.4. The number of aryl methyl sites for hydroxylation is 1. The number of anilines is 2. The number of thioether (sulfide) groups is 1. The molecule has 2 rings (SSSR count). The van der Waals surface area contributed by atoms with Gasteiger partial charge in [0, 0.05) is 24.5 Å². The van der Waals surface area contributed by atoms with Gasteiger partial charge in [-0.25, -0.2) is 8.42 Å². The summed E-state index contributed by atoms with van der Waals surface area (Å²) in [5.74, 6) is -0.183. The van der Waals surface area contributed by atoms with Crippen LogP contribution in [0.25, 0.3) is 0 Å². The van der Waals surface area contributed by atoms with Crippen molar-refractivity contribution in [3.8, 4) is 0 Å². The Labute approximate surface area is 182 Å². The average Bonchev–Trinajstić information content (AvgIpc) is 2.67. The Balaban J connectivity index is 1.81. The van der Waals surface area contributed by atoms with Gasteiger partial charge in [-0.3, -0.25) is 9.59 Å². The number of rotatable bonds is 9. The second-order valence-corrected chi connectivity index (χ2v) is 10.1. The fraction of sp³-hybridized carbons (Fsp3) is 0.333. The Morgan fingerprint density at radius 1 is 0.967 bits per heavy atom. The van der Waals surface area contributed by atoms with Crippen molar-refractivity contribution in [2.75, 3.05) is 29.2 Å². The summed E-state index contributed by atoms with van der Waals surface area (Å²) in [6.07, 6.45) is 0. The summed E-state index contributed by atoms with van der Waals surface area (Å²) in [4.78, 5) is 24.2. The van der Waals surface area contributed by atoms with E-state index in [1.54, 1.807) is 26.0 Å². The molecule has 0 aliphatic heterocycles. The number of sulfonamides is 1. The smallest absolute Gasteiger partial charge is 0.243 e. The van der Waals surface area contributed by atoms with Crippen LogP contribution in [-0.2, 0) is 19.6 Å². The molecule has 2 aromatic rings. The van der Waals surface area contributed by atoms with Gasteiger partial charge in [0.2, 0.25) is 21.8 Å². The molecule has 30 heavy (non-hydrogen) atoms. The molecule has 0 spiro atoms. The number of nitrogens with one attached hydrogen (secondary N) is 2. The Kier molecular flexibility index (Phi) is 8.45. The maximum Gasteiger partial charge on any atom is 0.243 e. The van der Waals surface area contributed by atoms with Crippen molar-refractivity contribution in [3.05, 3.63) is 54.1 Å². The van der Waals surface area contributed by atoms with Gasteiger partial charge >= 0.3 is 0 Å². The molecular formula is C21H27N3O4S2. The fourth-order valence-corrected chi connectivity index (χ4v) is 4.49. The van der Waals surface area contributed by atoms with Crippen molar-refractivity contribution in [1.82, 2.24) is 4.31 Å². The predicted molar refractivity (Wildman–Crippen MR) is 122 cm³/mol. The van der Waals surface area contributed by atoms with E-state index in [0.29, 0.717) is 5.69 Å². The van der Waals surface area contributed by atoms with Crippen LogP contribution in [0.5, 0.6) is 0 Å². The monoisotopic (exact) mass is 449 g/mol. The maximum atomic E-state index is 12.5. The molecule has 7 nitrogen and oxygen atoms in total. The van der Waals surface area contributed by atoms with Gasteiger partial charge in [0.05, 0.1) is 16.4 Å². The van der Waals surface area contributed by atoms with E-state index in [-0.39, 0.29) is 34.3 Å². The van der Waals surface area contributed by atoms with E-state index in [0.717, 1.165) is 11.3 Å². The lowest BCUT2D eigenvalue weighted by atomic mass is 10.2. The van der Waals surface area contributed by atoms with Crippen LogP contribution in [0.3, 0.4) is 0 Å². The molecule has 2 amide bonds. The lowest BCUT2D eigenvalue weighted by Crippen LogP contribution is -2.33. The molecule has 162 valence electrons. The van der Waals surface area contributed by atoms with E-state index in [1.165, 1.54) is 35.2 Å². The molecular weight excluding hydrogens is 422 g/mol. The molecule has 0 heterocycles. The minimum atomic E-state index is -3.56. The van der Waals surface area contributed by atoms with E-state index in [9.17, 15) is 18.0 Å². The molecule has 2 N–H and O–H groups in total. The fourth-order valence-electron chi connectivity index (χ4n) is 2.51. The van der Waals surface area contributed by atoms with Gasteiger partial charge in [0.15, 0.2) is 0 Å². The highest BCUT2D eigenvalue weighted by atomic mass is 32.2. The quantitative estimate of drug-likeness (QED) is 0.612. The molecule has 0 aliphatic rings. The number of amides is 2. The molecule has 0 bridgehead atoms. The topological polar surface area (TPSA) is 95.6 Å². The zero-order valence-corrected chi connectivity index (χ0v) is 19.1. The lowest BCUT2D eigenvalue weighted by Gasteiger charge is -2.21. The minimum absolute atomic E-state index is 0.109. The summed E-state index contributed by atoms with van der Waals surface area (Å²) < 4.78 is 26.2. The second kappa shape index (κ2) is 10.6. The summed E-state index contributed by atoms with van der Waals surface area (Å²) in [5.41, 5.74) is 2.27. The van der Waals surface area contributed by atoms with Crippen LogP contribution >= 0.6 is 11.8 Å². The van der Waals surface area contributed by atoms with Gasteiger partial charge in [-0.05, 0) is 62.7 Å². The third-order valence-electron chi connectivity index (χ3n) is 4.31. The highest BCUT2D eigenvalue weighted by Gasteiger charge is 2.22. The zero-order chi connectivity index (χ0) is 22.3. The van der Waals surface area contributed by atoms with Gasteiger partial charge in [0.1, 0.15) is 0 Å². The van der Waals surface area contributed by atoms with Gasteiger partial charge in [-0.2, -0.15) is 4.31 Å². The van der Waals surface area contributed by atoms with Crippen LogP contribution in [0.1, 0.15) is 19.4 Å². The highest BCUT2D eigenvalue weighted by molar-refractivity contribution is 8.00. The third kappa shape index (κ3) is 6.86. The summed E-state index contributed by atoms with van der Waals surface area (Å²) in [7, 11) is -2.03. The average molecular weight is 450 g/mol. The summed E-state index contributed by atoms with van der Waals surface area (Å²) >= 11 is 1.20. The molecule has 0 atom stereocenters. The molecule has 0 aliphatic carbocycles. The SMILES string of the molecule is Cc1cccc(NC(=O)CSCC(=O)Nc2ccc(S(=O)(=O)N(C)C(C)C)cc2)c1. The van der Waals surface area contributed by atoms with Gasteiger partial charge < -0.3 is 10.6 Å². The number of carbonyl (C=O) groups is 2. The molecule has 0 fully saturated rings. The van der Waals surface area contributed by atoms with Gasteiger partial charge in [-0.15, -0.1) is 11.8 Å². The standard InChI is InChI=1S/C21H27N3O4S2/c1-15(2)24(4)30(27,28)19-10-8-17(9-11-19)22-20(25)13-29-14-21(26)23-18-7-5-6-16(3)12-18/h5-12,15H,13-14H2,1-4H3,(H,22,25)(H,23,26). The molecule has 0 saturated heterocycles. The van der Waals surface area contributed by atoms with Crippen molar-refractivity contribution >= 4 is 45.0 Å². The molecule has 0 aromatic heterocycles. The van der Waals surface area contributed by atoms with Crippen LogP contribution < -0.4 is 10.6 Å². The molecule has 0 saturated carbocycles. The Morgan fingerprint density at radius 3 is 2.07 bits per heavy atom. The normalized spacial score (nSPS) is 11.5. The second-order valence-electron chi connectivity index (χ2n) is 7.10. The van der Waals surface area contributed by atoms with E-state index in [2.05, 4.69) is 10.6 Å². The number of nitrogens with zero attached hydrogens (tertiary/aromatic N) is 1. The summed E-state index contributed by atoms with van der Waals surface area (Å²) in [6.45, 7) is 5.54. The van der Waals surface area contributed by atoms with Crippen LogP contribution in [-0.4, -0.2) is 49.1 Å². The van der Waals surface area contributed by atoms with Gasteiger partial charge in [0.25, 0.3) is 0 Å². The first-order valence-corrected chi connectivity index (χ1v) is 12.0. The van der Waals surface area contributed by atoms with E-state index in [4.69, 9.17) is 0 Å². The first kappa shape index (κ1) is 23.9. The largest absolute Gasteiger partial charge is 0.325 e. The van der Waals surface area contributed by atoms with Crippen LogP contribution in [0, 0.1) is 6.92 Å². The van der Waals surface area contributed by atoms with Crippen molar-refractivity contribution in [2.24, 2.45) is 0 Å². The highest BCUT2D eigenvalue weighted by Crippen LogP contribution is 2.19. The predicted octanol–water partition coefficient (Wildman–Crippen LogP) is 3.33. The first-order valence-electron chi connectivity index (χ1n) is 9.42. The van der Waals surface area contributed by atoms with Crippen molar-refractivity contribution < 1.29 is 18.0 Å². The van der Waals surface area contributed by atoms with Crippen LogP contribution in [0.2, 0.25) is 0 Å². The number of hydrogen-bond donors (Lipinski definition) is 2. The number of benzene rings is 2. The number of carbonyl (C=O) groups excluding carboxylic acids is 2. The van der Waals surface area contributed by atoms with E-state index < -0.39 is 10.0 Å². The third-order valence-corrected chi connectivity index (χ3v) is 7.29. The minimum Gasteiger partial charge on any atom is -0.325 e. The maximum absolute atomic E-state index is 12.5. The molecule has 0 unspecified atom stereocenters. The van der Waals surface area contributed by atoms with Crippen LogP contribution in [0.4, 0.5) is 11.4 Å².